The van der Waals surface area contributed by atoms with E-state index in [9.17, 15) is 34.5 Å². The van der Waals surface area contributed by atoms with E-state index in [0.717, 1.165) is 13.1 Å². The molecule has 0 unspecified atom stereocenters. The highest BCUT2D eigenvalue weighted by Crippen LogP contribution is 2.27. The quantitative estimate of drug-likeness (QED) is 0.131. The molecule has 20 heteroatoms. The highest BCUT2D eigenvalue weighted by atomic mass is 19.5. The lowest BCUT2D eigenvalue weighted by Crippen LogP contribution is -2.43. The minimum atomic E-state index is -6.00. The molecule has 10 nitrogen and oxygen atoms in total. The summed E-state index contributed by atoms with van der Waals surface area (Å²) in [5.74, 6) is 2.73. The van der Waals surface area contributed by atoms with Crippen molar-refractivity contribution in [2.75, 3.05) is 79.3 Å². The van der Waals surface area contributed by atoms with Gasteiger partial charge in [0.25, 0.3) is 0 Å². The molecule has 3 heterocycles. The lowest BCUT2D eigenvalue weighted by Gasteiger charge is -2.14. The molecule has 0 atom stereocenters. The molecule has 310 valence electrons. The van der Waals surface area contributed by atoms with E-state index in [2.05, 4.69) is 58.2 Å². The average Bonchev–Trinajstić information content (AvgIpc) is 3.16. The van der Waals surface area contributed by atoms with Gasteiger partial charge >= 0.3 is 14.5 Å². The first kappa shape index (κ1) is 47.5. The maximum Gasteiger partial charge on any atom is 0.673 e. The largest absolute Gasteiger partial charge is 0.673 e. The number of ether oxygens (including phenoxy) is 8. The molecular weight excluding hydrogens is 762 g/mol. The summed E-state index contributed by atoms with van der Waals surface area (Å²) in [6.45, 7) is 7.50. The Labute approximate surface area is 321 Å². The highest BCUT2D eigenvalue weighted by molar-refractivity contribution is 6.50. The number of halogens is 8. The SMILES string of the molecule is F[B-](F)(F)F.F[B-](F)(F)F.c1cc[n+](CC[n+]2ccccc2)cc1.c1ccc2c(c1)OCCOCCOCCOc1ccccc1OCCOCCOCCO2. The summed E-state index contributed by atoms with van der Waals surface area (Å²) in [7, 11) is -12.0. The van der Waals surface area contributed by atoms with Crippen LogP contribution in [0, 0.1) is 0 Å². The Hall–Kier alpha value is -4.65. The van der Waals surface area contributed by atoms with Crippen molar-refractivity contribution >= 4 is 14.5 Å². The van der Waals surface area contributed by atoms with Crippen LogP contribution < -0.4 is 28.1 Å². The summed E-state index contributed by atoms with van der Waals surface area (Å²) in [6, 6.07) is 27.4. The van der Waals surface area contributed by atoms with Crippen LogP contribution >= 0.6 is 0 Å². The number of fused-ring (bicyclic) bond motifs is 2. The smallest absolute Gasteiger partial charge is 0.487 e. The minimum absolute atomic E-state index is 0.425. The lowest BCUT2D eigenvalue weighted by atomic mass is 10.3. The van der Waals surface area contributed by atoms with Crippen LogP contribution in [0.3, 0.4) is 0 Å². The fourth-order valence-corrected chi connectivity index (χ4v) is 4.26. The van der Waals surface area contributed by atoms with Crippen molar-refractivity contribution < 1.29 is 81.6 Å². The number of rotatable bonds is 3. The fraction of sp³-hybridized carbons (Fsp3) is 0.389. The third-order valence-electron chi connectivity index (χ3n) is 6.55. The van der Waals surface area contributed by atoms with Gasteiger partial charge < -0.3 is 72.4 Å². The summed E-state index contributed by atoms with van der Waals surface area (Å²) >= 11 is 0. The average molecular weight is 808 g/mol. The van der Waals surface area contributed by atoms with Crippen LogP contribution in [-0.4, -0.2) is 93.8 Å². The Balaban J connectivity index is 0.000000367. The number of para-hydroxylation sites is 4. The van der Waals surface area contributed by atoms with Crippen LogP contribution in [0.2, 0.25) is 0 Å². The number of hydrogen-bond acceptors (Lipinski definition) is 8. The van der Waals surface area contributed by atoms with Gasteiger partial charge in [-0.05, 0) is 24.3 Å². The topological polar surface area (TPSA) is 81.6 Å². The standard InChI is InChI=1S/C24H32O8.C12H14N2.2BF4/c1-2-6-22-21(5-1)29-17-13-25-9-10-27-15-19-31-23-7-3-4-8-24(23)32-20-16-28-12-11-26-14-18-30-22;1-3-7-13(8-4-1)11-12-14-9-5-2-6-10-14;2*2-1(3,4)5/h1-8H,9-20H2;1-10H,11-12H2;;/q;+2;2*-1. The number of hydrogen-bond donors (Lipinski definition) is 0. The zero-order valence-corrected chi connectivity index (χ0v) is 30.6. The van der Waals surface area contributed by atoms with Crippen LogP contribution in [0.25, 0.3) is 0 Å². The number of pyridine rings is 2. The number of aromatic nitrogens is 2. The van der Waals surface area contributed by atoms with Gasteiger partial charge in [0.05, 0.1) is 52.9 Å². The van der Waals surface area contributed by atoms with E-state index in [1.165, 1.54) is 0 Å². The molecule has 0 aliphatic carbocycles. The summed E-state index contributed by atoms with van der Waals surface area (Å²) in [4.78, 5) is 0. The van der Waals surface area contributed by atoms with Crippen molar-refractivity contribution in [1.82, 2.24) is 0 Å². The van der Waals surface area contributed by atoms with Crippen LogP contribution in [0.5, 0.6) is 23.0 Å². The molecule has 0 N–H and O–H groups in total. The molecule has 0 saturated carbocycles. The molecule has 0 fully saturated rings. The van der Waals surface area contributed by atoms with E-state index in [4.69, 9.17) is 37.9 Å². The van der Waals surface area contributed by atoms with E-state index in [1.807, 2.05) is 60.7 Å². The first-order valence-electron chi connectivity index (χ1n) is 17.5. The predicted molar refractivity (Wildman–Crippen MR) is 192 cm³/mol. The third-order valence-corrected chi connectivity index (χ3v) is 6.55. The van der Waals surface area contributed by atoms with Gasteiger partial charge in [0.1, 0.15) is 26.4 Å². The Bertz CT molecular complexity index is 1360. The first-order valence-corrected chi connectivity index (χ1v) is 17.5. The fourth-order valence-electron chi connectivity index (χ4n) is 4.26. The van der Waals surface area contributed by atoms with Gasteiger partial charge in [-0.3, -0.25) is 0 Å². The molecule has 5 rings (SSSR count). The normalized spacial score (nSPS) is 15.1. The molecule has 4 aromatic rings. The van der Waals surface area contributed by atoms with Crippen LogP contribution in [0.15, 0.2) is 110 Å². The molecule has 0 bridgehead atoms. The summed E-state index contributed by atoms with van der Waals surface area (Å²) in [5, 5.41) is 0. The molecule has 1 aliphatic heterocycles. The second-order valence-corrected chi connectivity index (χ2v) is 11.0. The Morgan fingerprint density at radius 3 is 0.786 bits per heavy atom. The zero-order chi connectivity index (χ0) is 40.7. The van der Waals surface area contributed by atoms with Gasteiger partial charge in [-0.25, -0.2) is 0 Å². The van der Waals surface area contributed by atoms with Gasteiger partial charge in [0.15, 0.2) is 47.8 Å². The number of aryl methyl sites for hydroxylation is 2. The van der Waals surface area contributed by atoms with Crippen molar-refractivity contribution in [3.05, 3.63) is 110 Å². The molecule has 0 radical (unpaired) electrons. The van der Waals surface area contributed by atoms with E-state index < -0.39 is 14.5 Å². The molecule has 0 spiro atoms. The monoisotopic (exact) mass is 808 g/mol. The van der Waals surface area contributed by atoms with Crippen molar-refractivity contribution in [2.24, 2.45) is 0 Å². The van der Waals surface area contributed by atoms with E-state index in [1.54, 1.807) is 0 Å². The summed E-state index contributed by atoms with van der Waals surface area (Å²) < 4.78 is 128. The molecule has 56 heavy (non-hydrogen) atoms. The van der Waals surface area contributed by atoms with Crippen molar-refractivity contribution in [2.45, 2.75) is 13.1 Å². The van der Waals surface area contributed by atoms with Crippen LogP contribution in [0.1, 0.15) is 0 Å². The first-order chi connectivity index (χ1) is 26.9. The van der Waals surface area contributed by atoms with Crippen LogP contribution in [-0.2, 0) is 32.0 Å². The van der Waals surface area contributed by atoms with E-state index in [0.29, 0.717) is 102 Å². The minimum Gasteiger partial charge on any atom is -0.487 e. The Morgan fingerprint density at radius 2 is 0.554 bits per heavy atom. The van der Waals surface area contributed by atoms with E-state index >= 15 is 0 Å². The molecule has 1 aliphatic rings. The molecule has 2 aromatic carbocycles. The third kappa shape index (κ3) is 27.9. The molecular formula is C36H46B2F8N2O8. The molecule has 0 amide bonds. The summed E-state index contributed by atoms with van der Waals surface area (Å²) in [5.41, 5.74) is 0. The number of benzene rings is 2. The van der Waals surface area contributed by atoms with Crippen molar-refractivity contribution in [3.63, 3.8) is 0 Å². The Kier molecular flexibility index (Phi) is 24.4. The van der Waals surface area contributed by atoms with E-state index in [-0.39, 0.29) is 0 Å². The zero-order valence-electron chi connectivity index (χ0n) is 30.6. The van der Waals surface area contributed by atoms with Gasteiger partial charge in [-0.1, -0.05) is 36.4 Å². The second kappa shape index (κ2) is 28.7. The van der Waals surface area contributed by atoms with Gasteiger partial charge in [0, 0.05) is 24.3 Å². The van der Waals surface area contributed by atoms with Crippen molar-refractivity contribution in [1.29, 1.82) is 0 Å². The molecule has 0 saturated heterocycles. The summed E-state index contributed by atoms with van der Waals surface area (Å²) in [6.07, 6.45) is 8.35. The van der Waals surface area contributed by atoms with Gasteiger partial charge in [0.2, 0.25) is 13.1 Å². The number of nitrogens with zero attached hydrogens (tertiary/aromatic N) is 2. The second-order valence-electron chi connectivity index (χ2n) is 11.0. The maximum absolute atomic E-state index is 9.75. The Morgan fingerprint density at radius 1 is 0.339 bits per heavy atom. The van der Waals surface area contributed by atoms with Crippen LogP contribution in [0.4, 0.5) is 34.5 Å². The lowest BCUT2D eigenvalue weighted by molar-refractivity contribution is -0.778. The predicted octanol–water partition coefficient (Wildman–Crippen LogP) is 6.54. The van der Waals surface area contributed by atoms with Crippen molar-refractivity contribution in [3.8, 4) is 23.0 Å². The highest BCUT2D eigenvalue weighted by Gasteiger charge is 2.21. The maximum atomic E-state index is 9.75. The molecule has 2 aromatic heterocycles. The van der Waals surface area contributed by atoms with Gasteiger partial charge in [-0.15, -0.1) is 0 Å². The van der Waals surface area contributed by atoms with Gasteiger partial charge in [-0.2, -0.15) is 9.13 Å².